The number of rotatable bonds is 6. The van der Waals surface area contributed by atoms with Crippen LogP contribution < -0.4 is 5.32 Å². The first-order chi connectivity index (χ1) is 15.1. The molecule has 3 aromatic rings. The van der Waals surface area contributed by atoms with Gasteiger partial charge in [-0.1, -0.05) is 24.3 Å². The number of amides is 1. The molecule has 4 nitrogen and oxygen atoms in total. The van der Waals surface area contributed by atoms with E-state index in [-0.39, 0.29) is 23.7 Å². The van der Waals surface area contributed by atoms with Crippen LogP contribution >= 0.6 is 0 Å². The number of nitrogens with zero attached hydrogens (tertiary/aromatic N) is 2. The van der Waals surface area contributed by atoms with Crippen LogP contribution in [-0.4, -0.2) is 28.9 Å². The molecule has 2 atom stereocenters. The minimum atomic E-state index is -0.440. The number of halogens is 2. The lowest BCUT2D eigenvalue weighted by Crippen LogP contribution is -2.43. The van der Waals surface area contributed by atoms with E-state index in [1.807, 2.05) is 18.2 Å². The highest BCUT2D eigenvalue weighted by atomic mass is 19.1. The Balaban J connectivity index is 1.52. The Labute approximate surface area is 180 Å². The summed E-state index contributed by atoms with van der Waals surface area (Å²) in [4.78, 5) is 19.7. The SMILES string of the molecule is O=C(N[C@@H](c1ccccn1)[C@H]1CCCN(Cc2ccc(F)cc2)C1)c1cccc(F)c1. The van der Waals surface area contributed by atoms with Gasteiger partial charge in [0.25, 0.3) is 5.91 Å². The Bertz CT molecular complexity index is 1010. The Morgan fingerprint density at radius 3 is 2.65 bits per heavy atom. The Hall–Kier alpha value is -3.12. The molecule has 0 aliphatic carbocycles. The lowest BCUT2D eigenvalue weighted by Gasteiger charge is -2.37. The van der Waals surface area contributed by atoms with Gasteiger partial charge >= 0.3 is 0 Å². The average Bonchev–Trinajstić information content (AvgIpc) is 2.79. The van der Waals surface area contributed by atoms with Crippen molar-refractivity contribution in [2.24, 2.45) is 5.92 Å². The fourth-order valence-corrected chi connectivity index (χ4v) is 4.20. The lowest BCUT2D eigenvalue weighted by atomic mass is 9.88. The van der Waals surface area contributed by atoms with Crippen molar-refractivity contribution in [3.8, 4) is 0 Å². The van der Waals surface area contributed by atoms with Crippen LogP contribution in [0.25, 0.3) is 0 Å². The summed E-state index contributed by atoms with van der Waals surface area (Å²) in [6.07, 6.45) is 3.66. The fraction of sp³-hybridized carbons (Fsp3) is 0.280. The number of pyridine rings is 1. The normalized spacial score (nSPS) is 17.8. The van der Waals surface area contributed by atoms with E-state index in [0.717, 1.165) is 43.7 Å². The molecule has 2 heterocycles. The zero-order valence-electron chi connectivity index (χ0n) is 17.2. The van der Waals surface area contributed by atoms with Gasteiger partial charge in [-0.25, -0.2) is 8.78 Å². The second-order valence-corrected chi connectivity index (χ2v) is 7.98. The number of carbonyl (C=O) groups is 1. The van der Waals surface area contributed by atoms with Crippen molar-refractivity contribution in [2.75, 3.05) is 13.1 Å². The Kier molecular flexibility index (Phi) is 6.67. The van der Waals surface area contributed by atoms with Gasteiger partial charge in [0.1, 0.15) is 11.6 Å². The molecule has 0 unspecified atom stereocenters. The summed E-state index contributed by atoms with van der Waals surface area (Å²) in [5.41, 5.74) is 2.14. The van der Waals surface area contributed by atoms with E-state index in [0.29, 0.717) is 5.56 Å². The number of piperidine rings is 1. The zero-order chi connectivity index (χ0) is 21.6. The standard InChI is InChI=1S/C25H25F2N3O/c26-21-11-9-18(10-12-21)16-30-14-4-6-20(17-30)24(23-8-1-2-13-28-23)29-25(31)19-5-3-7-22(27)15-19/h1-3,5,7-13,15,20,24H,4,6,14,16-17H2,(H,29,31)/t20-,24+/m0/s1. The van der Waals surface area contributed by atoms with Crippen LogP contribution in [0.5, 0.6) is 0 Å². The van der Waals surface area contributed by atoms with Crippen LogP contribution in [0.4, 0.5) is 8.78 Å². The van der Waals surface area contributed by atoms with Crippen LogP contribution in [0.1, 0.15) is 40.5 Å². The monoisotopic (exact) mass is 421 g/mol. The number of carbonyl (C=O) groups excluding carboxylic acids is 1. The summed E-state index contributed by atoms with van der Waals surface area (Å²) in [5.74, 6) is -0.840. The highest BCUT2D eigenvalue weighted by Crippen LogP contribution is 2.30. The maximum atomic E-state index is 13.6. The van der Waals surface area contributed by atoms with Gasteiger partial charge in [-0.2, -0.15) is 0 Å². The molecule has 0 radical (unpaired) electrons. The van der Waals surface area contributed by atoms with Crippen molar-refractivity contribution in [1.82, 2.24) is 15.2 Å². The van der Waals surface area contributed by atoms with E-state index in [2.05, 4.69) is 15.2 Å². The molecule has 1 amide bonds. The van der Waals surface area contributed by atoms with Crippen molar-refractivity contribution >= 4 is 5.91 Å². The third-order valence-electron chi connectivity index (χ3n) is 5.71. The number of aromatic nitrogens is 1. The van der Waals surface area contributed by atoms with Crippen molar-refractivity contribution in [3.63, 3.8) is 0 Å². The molecule has 1 fully saturated rings. The van der Waals surface area contributed by atoms with Crippen LogP contribution in [-0.2, 0) is 6.54 Å². The number of hydrogen-bond donors (Lipinski definition) is 1. The molecule has 0 saturated carbocycles. The Morgan fingerprint density at radius 1 is 1.06 bits per heavy atom. The van der Waals surface area contributed by atoms with E-state index in [4.69, 9.17) is 0 Å². The summed E-state index contributed by atoms with van der Waals surface area (Å²) in [7, 11) is 0. The molecule has 2 aromatic carbocycles. The molecule has 0 bridgehead atoms. The van der Waals surface area contributed by atoms with Crippen LogP contribution in [0.2, 0.25) is 0 Å². The number of benzene rings is 2. The Morgan fingerprint density at radius 2 is 1.90 bits per heavy atom. The molecule has 31 heavy (non-hydrogen) atoms. The van der Waals surface area contributed by atoms with E-state index in [9.17, 15) is 13.6 Å². The van der Waals surface area contributed by atoms with Gasteiger partial charge in [-0.3, -0.25) is 14.7 Å². The summed E-state index contributed by atoms with van der Waals surface area (Å²) in [6.45, 7) is 2.45. The molecule has 1 saturated heterocycles. The van der Waals surface area contributed by atoms with Crippen molar-refractivity contribution < 1.29 is 13.6 Å². The van der Waals surface area contributed by atoms with Crippen molar-refractivity contribution in [3.05, 3.63) is 101 Å². The number of hydrogen-bond acceptors (Lipinski definition) is 3. The van der Waals surface area contributed by atoms with Gasteiger partial charge in [0.05, 0.1) is 11.7 Å². The first kappa shape index (κ1) is 21.1. The minimum absolute atomic E-state index is 0.154. The highest BCUT2D eigenvalue weighted by Gasteiger charge is 2.30. The maximum Gasteiger partial charge on any atom is 0.251 e. The van der Waals surface area contributed by atoms with Gasteiger partial charge in [0, 0.05) is 24.8 Å². The first-order valence-electron chi connectivity index (χ1n) is 10.5. The lowest BCUT2D eigenvalue weighted by molar-refractivity contribution is 0.0874. The predicted molar refractivity (Wildman–Crippen MR) is 115 cm³/mol. The van der Waals surface area contributed by atoms with Gasteiger partial charge in [0.2, 0.25) is 0 Å². The molecule has 1 N–H and O–H groups in total. The van der Waals surface area contributed by atoms with Crippen molar-refractivity contribution in [1.29, 1.82) is 0 Å². The summed E-state index contributed by atoms with van der Waals surface area (Å²) < 4.78 is 26.8. The van der Waals surface area contributed by atoms with Gasteiger partial charge in [-0.05, 0) is 73.3 Å². The largest absolute Gasteiger partial charge is 0.343 e. The molecule has 1 aromatic heterocycles. The smallest absolute Gasteiger partial charge is 0.251 e. The van der Waals surface area contributed by atoms with E-state index >= 15 is 0 Å². The van der Waals surface area contributed by atoms with E-state index in [1.165, 1.54) is 30.3 Å². The molecular formula is C25H25F2N3O. The maximum absolute atomic E-state index is 13.6. The van der Waals surface area contributed by atoms with Gasteiger partial charge in [0.15, 0.2) is 0 Å². The third-order valence-corrected chi connectivity index (χ3v) is 5.71. The topological polar surface area (TPSA) is 45.2 Å². The third kappa shape index (κ3) is 5.52. The zero-order valence-corrected chi connectivity index (χ0v) is 17.2. The van der Waals surface area contributed by atoms with Crippen molar-refractivity contribution in [2.45, 2.75) is 25.4 Å². The molecular weight excluding hydrogens is 396 g/mol. The summed E-state index contributed by atoms with van der Waals surface area (Å²) >= 11 is 0. The van der Waals surface area contributed by atoms with Crippen LogP contribution in [0.15, 0.2) is 72.9 Å². The summed E-state index contributed by atoms with van der Waals surface area (Å²) in [6, 6.07) is 17.7. The second-order valence-electron chi connectivity index (χ2n) is 7.98. The van der Waals surface area contributed by atoms with Gasteiger partial charge < -0.3 is 5.32 Å². The summed E-state index contributed by atoms with van der Waals surface area (Å²) in [5, 5.41) is 3.09. The second kappa shape index (κ2) is 9.79. The first-order valence-corrected chi connectivity index (χ1v) is 10.5. The molecule has 1 aliphatic heterocycles. The molecule has 6 heteroatoms. The van der Waals surface area contributed by atoms with Crippen LogP contribution in [0.3, 0.4) is 0 Å². The van der Waals surface area contributed by atoms with E-state index < -0.39 is 5.82 Å². The minimum Gasteiger partial charge on any atom is -0.343 e. The number of likely N-dealkylation sites (tertiary alicyclic amines) is 1. The quantitative estimate of drug-likeness (QED) is 0.625. The van der Waals surface area contributed by atoms with Crippen LogP contribution in [0, 0.1) is 17.6 Å². The number of nitrogens with one attached hydrogen (secondary N) is 1. The average molecular weight is 421 g/mol. The van der Waals surface area contributed by atoms with E-state index in [1.54, 1.807) is 24.4 Å². The molecule has 0 spiro atoms. The molecule has 160 valence electrons. The van der Waals surface area contributed by atoms with Gasteiger partial charge in [-0.15, -0.1) is 0 Å². The molecule has 4 rings (SSSR count). The predicted octanol–water partition coefficient (Wildman–Crippen LogP) is 4.74. The molecule has 1 aliphatic rings. The fourth-order valence-electron chi connectivity index (χ4n) is 4.20. The highest BCUT2D eigenvalue weighted by molar-refractivity contribution is 5.94.